The molecule has 5 nitrogen and oxygen atoms in total. The third-order valence-electron chi connectivity index (χ3n) is 4.25. The molecule has 0 saturated carbocycles. The summed E-state index contributed by atoms with van der Waals surface area (Å²) in [6.45, 7) is 1.75. The van der Waals surface area contributed by atoms with Gasteiger partial charge in [0, 0.05) is 19.0 Å². The Balaban J connectivity index is 1.63. The van der Waals surface area contributed by atoms with Gasteiger partial charge in [-0.3, -0.25) is 0 Å². The van der Waals surface area contributed by atoms with Crippen molar-refractivity contribution >= 4 is 39.2 Å². The fraction of sp³-hybridized carbons (Fsp3) is 0.312. The van der Waals surface area contributed by atoms with E-state index in [0.29, 0.717) is 16.6 Å². The molecule has 4 rings (SSSR count). The molecule has 1 atom stereocenters. The van der Waals surface area contributed by atoms with Gasteiger partial charge in [0.25, 0.3) is 0 Å². The van der Waals surface area contributed by atoms with Crippen LogP contribution in [0.3, 0.4) is 0 Å². The van der Waals surface area contributed by atoms with Crippen LogP contribution < -0.4 is 4.90 Å². The number of fused-ring (bicyclic) bond motifs is 1. The number of benzene rings is 1. The molecule has 3 aromatic rings. The number of aromatic nitrogens is 3. The molecule has 3 heterocycles. The first-order valence-corrected chi connectivity index (χ1v) is 8.66. The van der Waals surface area contributed by atoms with Gasteiger partial charge in [-0.15, -0.1) is 0 Å². The van der Waals surface area contributed by atoms with Crippen molar-refractivity contribution in [3.8, 4) is 6.07 Å². The maximum atomic E-state index is 9.28. The van der Waals surface area contributed by atoms with Crippen LogP contribution in [0.25, 0.3) is 11.0 Å². The number of rotatable bonds is 2. The molecule has 1 saturated heterocycles. The molecule has 0 radical (unpaired) electrons. The summed E-state index contributed by atoms with van der Waals surface area (Å²) in [5, 5.41) is 10.5. The molecule has 1 N–H and O–H groups in total. The lowest BCUT2D eigenvalue weighted by Gasteiger charge is -2.32. The van der Waals surface area contributed by atoms with Gasteiger partial charge in [-0.05, 0) is 36.5 Å². The number of H-pyrrole nitrogens is 1. The second-order valence-electron chi connectivity index (χ2n) is 5.69. The van der Waals surface area contributed by atoms with Crippen molar-refractivity contribution in [1.82, 2.24) is 14.3 Å². The standard InChI is InChI=1S/C16H14ClN5S/c17-14-11(8-18)16(23-21-14)22-7-3-4-10(9-22)15-19-12-5-1-2-6-13(12)20-15/h1-2,5-6,10H,3-4,7,9H2,(H,19,20)/t10-/m1/s1. The Bertz CT molecular complexity index is 860. The van der Waals surface area contributed by atoms with Gasteiger partial charge in [-0.1, -0.05) is 23.7 Å². The molecule has 1 aliphatic heterocycles. The van der Waals surface area contributed by atoms with E-state index in [1.807, 2.05) is 24.3 Å². The summed E-state index contributed by atoms with van der Waals surface area (Å²) in [6, 6.07) is 10.2. The third-order valence-corrected chi connectivity index (χ3v) is 5.53. The summed E-state index contributed by atoms with van der Waals surface area (Å²) in [5.41, 5.74) is 2.55. The zero-order chi connectivity index (χ0) is 15.8. The van der Waals surface area contributed by atoms with E-state index in [9.17, 15) is 5.26 Å². The number of hydrogen-bond donors (Lipinski definition) is 1. The van der Waals surface area contributed by atoms with Gasteiger partial charge in [0.1, 0.15) is 22.5 Å². The summed E-state index contributed by atoms with van der Waals surface area (Å²) >= 11 is 7.30. The van der Waals surface area contributed by atoms with Crippen molar-refractivity contribution in [1.29, 1.82) is 5.26 Å². The number of nitrogens with one attached hydrogen (secondary N) is 1. The van der Waals surface area contributed by atoms with E-state index in [1.54, 1.807) is 0 Å². The highest BCUT2D eigenvalue weighted by molar-refractivity contribution is 7.10. The van der Waals surface area contributed by atoms with Crippen LogP contribution in [0.4, 0.5) is 5.00 Å². The average molecular weight is 344 g/mol. The largest absolute Gasteiger partial charge is 0.360 e. The normalized spacial score (nSPS) is 18.3. The Labute approximate surface area is 142 Å². The highest BCUT2D eigenvalue weighted by atomic mass is 35.5. The molecule has 2 aromatic heterocycles. The van der Waals surface area contributed by atoms with Gasteiger partial charge in [0.05, 0.1) is 11.0 Å². The van der Waals surface area contributed by atoms with Crippen molar-refractivity contribution in [3.63, 3.8) is 0 Å². The Morgan fingerprint density at radius 1 is 1.39 bits per heavy atom. The van der Waals surface area contributed by atoms with E-state index in [2.05, 4.69) is 20.3 Å². The average Bonchev–Trinajstić information content (AvgIpc) is 3.18. The summed E-state index contributed by atoms with van der Waals surface area (Å²) in [7, 11) is 0. The lowest BCUT2D eigenvalue weighted by atomic mass is 9.97. The first-order chi connectivity index (χ1) is 11.3. The molecule has 1 fully saturated rings. The van der Waals surface area contributed by atoms with Gasteiger partial charge < -0.3 is 9.88 Å². The zero-order valence-corrected chi connectivity index (χ0v) is 13.9. The minimum atomic E-state index is 0.304. The highest BCUT2D eigenvalue weighted by Crippen LogP contribution is 2.36. The molecular formula is C16H14ClN5S. The van der Waals surface area contributed by atoms with Gasteiger partial charge >= 0.3 is 0 Å². The number of nitriles is 1. The Morgan fingerprint density at radius 3 is 3.09 bits per heavy atom. The quantitative estimate of drug-likeness (QED) is 0.765. The van der Waals surface area contributed by atoms with Gasteiger partial charge in [-0.2, -0.15) is 9.64 Å². The van der Waals surface area contributed by atoms with E-state index in [0.717, 1.165) is 47.8 Å². The molecule has 0 spiro atoms. The van der Waals surface area contributed by atoms with Crippen molar-refractivity contribution in [2.75, 3.05) is 18.0 Å². The van der Waals surface area contributed by atoms with E-state index in [1.165, 1.54) is 11.5 Å². The van der Waals surface area contributed by atoms with Crippen LogP contribution in [-0.4, -0.2) is 27.4 Å². The molecule has 0 aliphatic carbocycles. The van der Waals surface area contributed by atoms with Gasteiger partial charge in [0.2, 0.25) is 0 Å². The zero-order valence-electron chi connectivity index (χ0n) is 12.3. The molecule has 1 aliphatic rings. The highest BCUT2D eigenvalue weighted by Gasteiger charge is 2.27. The predicted molar refractivity (Wildman–Crippen MR) is 92.1 cm³/mol. The fourth-order valence-corrected chi connectivity index (χ4v) is 4.19. The lowest BCUT2D eigenvalue weighted by molar-refractivity contribution is 0.497. The van der Waals surface area contributed by atoms with Crippen LogP contribution in [0.15, 0.2) is 24.3 Å². The second kappa shape index (κ2) is 5.84. The van der Waals surface area contributed by atoms with E-state index in [-0.39, 0.29) is 0 Å². The number of imidazole rings is 1. The fourth-order valence-electron chi connectivity index (χ4n) is 3.12. The third kappa shape index (κ3) is 2.56. The Morgan fingerprint density at radius 2 is 2.26 bits per heavy atom. The van der Waals surface area contributed by atoms with Gasteiger partial charge in [-0.25, -0.2) is 4.98 Å². The first kappa shape index (κ1) is 14.5. The van der Waals surface area contributed by atoms with Crippen molar-refractivity contribution < 1.29 is 0 Å². The van der Waals surface area contributed by atoms with Crippen LogP contribution in [0, 0.1) is 11.3 Å². The summed E-state index contributed by atoms with van der Waals surface area (Å²) in [4.78, 5) is 10.4. The Hall–Kier alpha value is -2.10. The SMILES string of the molecule is N#Cc1c(Cl)nsc1N1CCC[C@@H](c2nc3ccccc3[nH]2)C1. The number of aromatic amines is 1. The van der Waals surface area contributed by atoms with E-state index in [4.69, 9.17) is 16.6 Å². The summed E-state index contributed by atoms with van der Waals surface area (Å²) in [5.74, 6) is 1.34. The van der Waals surface area contributed by atoms with Crippen LogP contribution in [-0.2, 0) is 0 Å². The maximum Gasteiger partial charge on any atom is 0.162 e. The first-order valence-electron chi connectivity index (χ1n) is 7.51. The summed E-state index contributed by atoms with van der Waals surface area (Å²) in [6.07, 6.45) is 2.15. The van der Waals surface area contributed by atoms with Crippen LogP contribution in [0.2, 0.25) is 5.15 Å². The van der Waals surface area contributed by atoms with E-state index < -0.39 is 0 Å². The number of piperidine rings is 1. The molecule has 7 heteroatoms. The minimum absolute atomic E-state index is 0.304. The predicted octanol–water partition coefficient (Wildman–Crippen LogP) is 3.93. The number of para-hydroxylation sites is 2. The van der Waals surface area contributed by atoms with Crippen LogP contribution in [0.1, 0.15) is 30.1 Å². The monoisotopic (exact) mass is 343 g/mol. The number of nitrogens with zero attached hydrogens (tertiary/aromatic N) is 4. The number of hydrogen-bond acceptors (Lipinski definition) is 5. The topological polar surface area (TPSA) is 68.6 Å². The minimum Gasteiger partial charge on any atom is -0.360 e. The second-order valence-corrected chi connectivity index (χ2v) is 6.80. The van der Waals surface area contributed by atoms with Crippen LogP contribution in [0.5, 0.6) is 0 Å². The van der Waals surface area contributed by atoms with Crippen molar-refractivity contribution in [2.24, 2.45) is 0 Å². The van der Waals surface area contributed by atoms with Gasteiger partial charge in [0.15, 0.2) is 5.15 Å². The molecular weight excluding hydrogens is 330 g/mol. The molecule has 116 valence electrons. The van der Waals surface area contributed by atoms with Crippen LogP contribution >= 0.6 is 23.1 Å². The molecule has 0 bridgehead atoms. The molecule has 23 heavy (non-hydrogen) atoms. The van der Waals surface area contributed by atoms with E-state index >= 15 is 0 Å². The molecule has 0 unspecified atom stereocenters. The molecule has 0 amide bonds. The molecule has 1 aromatic carbocycles. The Kier molecular flexibility index (Phi) is 3.68. The smallest absolute Gasteiger partial charge is 0.162 e. The maximum absolute atomic E-state index is 9.28. The van der Waals surface area contributed by atoms with Crippen molar-refractivity contribution in [3.05, 3.63) is 40.8 Å². The van der Waals surface area contributed by atoms with Crippen molar-refractivity contribution in [2.45, 2.75) is 18.8 Å². The summed E-state index contributed by atoms with van der Waals surface area (Å²) < 4.78 is 4.11. The lowest BCUT2D eigenvalue weighted by Crippen LogP contribution is -2.34. The number of halogens is 1. The number of anilines is 1.